The fourth-order valence-electron chi connectivity index (χ4n) is 7.40. The summed E-state index contributed by atoms with van der Waals surface area (Å²) in [7, 11) is 0. The lowest BCUT2D eigenvalue weighted by atomic mass is 9.95. The van der Waals surface area contributed by atoms with Crippen LogP contribution in [0.3, 0.4) is 0 Å². The fourth-order valence-corrected chi connectivity index (χ4v) is 7.40. The summed E-state index contributed by atoms with van der Waals surface area (Å²) in [6.07, 6.45) is 0. The zero-order chi connectivity index (χ0) is 34.4. The average molecular weight is 662 g/mol. The van der Waals surface area contributed by atoms with Crippen molar-refractivity contribution in [2.45, 2.75) is 0 Å². The molecule has 0 radical (unpaired) electrons. The molecule has 0 N–H and O–H groups in total. The molecule has 0 unspecified atom stereocenters. The predicted molar refractivity (Wildman–Crippen MR) is 217 cm³/mol. The molecular weight excluding hydrogens is 631 g/mol. The number of benzene rings is 9. The van der Waals surface area contributed by atoms with E-state index in [4.69, 9.17) is 15.0 Å². The minimum Gasteiger partial charge on any atom is -0.208 e. The Bertz CT molecular complexity index is 2960. The van der Waals surface area contributed by atoms with Gasteiger partial charge >= 0.3 is 0 Å². The smallest absolute Gasteiger partial charge is 0.164 e. The standard InChI is InChI=1S/C49H31N3/c1-2-10-32(11-3-1)36-26-27-45-39(28-36)16-9-19-46(45)49-51-47(41-24-20-33-12-4-5-14-35(33)30-41)50-48(52-49)42-25-22-37-29-40(23-21-38(37)31-42)44-18-8-15-34-13-6-7-17-43(34)44/h1-31H. The zero-order valence-corrected chi connectivity index (χ0v) is 28.2. The zero-order valence-electron chi connectivity index (χ0n) is 28.2. The van der Waals surface area contributed by atoms with Crippen LogP contribution in [0, 0.1) is 0 Å². The number of fused-ring (bicyclic) bond motifs is 4. The molecule has 0 atom stereocenters. The molecule has 10 aromatic rings. The van der Waals surface area contributed by atoms with Gasteiger partial charge in [-0.3, -0.25) is 0 Å². The van der Waals surface area contributed by atoms with Gasteiger partial charge in [0.25, 0.3) is 0 Å². The lowest BCUT2D eigenvalue weighted by Gasteiger charge is -2.12. The summed E-state index contributed by atoms with van der Waals surface area (Å²) in [5, 5.41) is 9.37. The van der Waals surface area contributed by atoms with Gasteiger partial charge in [0.05, 0.1) is 0 Å². The van der Waals surface area contributed by atoms with E-state index in [2.05, 4.69) is 182 Å². The first-order valence-corrected chi connectivity index (χ1v) is 17.6. The van der Waals surface area contributed by atoms with Crippen molar-refractivity contribution in [2.24, 2.45) is 0 Å². The second-order valence-electron chi connectivity index (χ2n) is 13.3. The van der Waals surface area contributed by atoms with Gasteiger partial charge in [-0.25, -0.2) is 15.0 Å². The molecule has 3 heteroatoms. The maximum atomic E-state index is 5.18. The third-order valence-electron chi connectivity index (χ3n) is 10.1. The number of aromatic nitrogens is 3. The molecule has 0 saturated carbocycles. The first-order chi connectivity index (χ1) is 25.7. The molecule has 1 aromatic heterocycles. The van der Waals surface area contributed by atoms with E-state index in [1.54, 1.807) is 0 Å². The van der Waals surface area contributed by atoms with Gasteiger partial charge in [0.1, 0.15) is 0 Å². The van der Waals surface area contributed by atoms with Crippen molar-refractivity contribution in [1.29, 1.82) is 0 Å². The second-order valence-corrected chi connectivity index (χ2v) is 13.3. The van der Waals surface area contributed by atoms with Crippen LogP contribution in [-0.2, 0) is 0 Å². The Morgan fingerprint density at radius 1 is 0.231 bits per heavy atom. The SMILES string of the molecule is c1ccc(-c2ccc3c(-c4nc(-c5ccc6ccccc6c5)nc(-c5ccc6cc(-c7cccc8ccccc78)ccc6c5)n4)cccc3c2)cc1. The van der Waals surface area contributed by atoms with Crippen LogP contribution < -0.4 is 0 Å². The first kappa shape index (κ1) is 29.9. The van der Waals surface area contributed by atoms with Crippen LogP contribution in [0.25, 0.3) is 99.5 Å². The van der Waals surface area contributed by atoms with Crippen molar-refractivity contribution in [1.82, 2.24) is 15.0 Å². The van der Waals surface area contributed by atoms with Gasteiger partial charge < -0.3 is 0 Å². The van der Waals surface area contributed by atoms with E-state index in [1.807, 2.05) is 6.07 Å². The average Bonchev–Trinajstić information content (AvgIpc) is 3.22. The van der Waals surface area contributed by atoms with Crippen LogP contribution >= 0.6 is 0 Å². The van der Waals surface area contributed by atoms with E-state index in [-0.39, 0.29) is 0 Å². The highest BCUT2D eigenvalue weighted by Gasteiger charge is 2.16. The van der Waals surface area contributed by atoms with Gasteiger partial charge in [-0.1, -0.05) is 164 Å². The van der Waals surface area contributed by atoms with Crippen molar-refractivity contribution in [3.05, 3.63) is 188 Å². The molecule has 0 spiro atoms. The molecule has 0 aliphatic heterocycles. The van der Waals surface area contributed by atoms with Crippen LogP contribution in [0.4, 0.5) is 0 Å². The molecule has 10 rings (SSSR count). The van der Waals surface area contributed by atoms with Crippen LogP contribution in [0.15, 0.2) is 188 Å². The number of rotatable bonds is 5. The van der Waals surface area contributed by atoms with Gasteiger partial charge in [-0.05, 0) is 89.6 Å². The molecule has 0 fully saturated rings. The molecule has 3 nitrogen and oxygen atoms in total. The number of hydrogen-bond donors (Lipinski definition) is 0. The summed E-state index contributed by atoms with van der Waals surface area (Å²) < 4.78 is 0. The lowest BCUT2D eigenvalue weighted by Crippen LogP contribution is -2.00. The molecule has 0 aliphatic carbocycles. The maximum Gasteiger partial charge on any atom is 0.164 e. The van der Waals surface area contributed by atoms with E-state index in [1.165, 1.54) is 43.8 Å². The maximum absolute atomic E-state index is 5.18. The van der Waals surface area contributed by atoms with E-state index < -0.39 is 0 Å². The van der Waals surface area contributed by atoms with Crippen LogP contribution in [0.2, 0.25) is 0 Å². The fraction of sp³-hybridized carbons (Fsp3) is 0. The van der Waals surface area contributed by atoms with Gasteiger partial charge in [-0.15, -0.1) is 0 Å². The van der Waals surface area contributed by atoms with Gasteiger partial charge in [0, 0.05) is 16.7 Å². The summed E-state index contributed by atoms with van der Waals surface area (Å²) in [6, 6.07) is 66.6. The first-order valence-electron chi connectivity index (χ1n) is 17.6. The topological polar surface area (TPSA) is 38.7 Å². The summed E-state index contributed by atoms with van der Waals surface area (Å²) in [4.78, 5) is 15.4. The van der Waals surface area contributed by atoms with Gasteiger partial charge in [-0.2, -0.15) is 0 Å². The highest BCUT2D eigenvalue weighted by atomic mass is 15.0. The molecule has 0 amide bonds. The molecule has 0 saturated heterocycles. The molecule has 0 bridgehead atoms. The highest BCUT2D eigenvalue weighted by molar-refractivity contribution is 6.00. The number of hydrogen-bond acceptors (Lipinski definition) is 3. The summed E-state index contributed by atoms with van der Waals surface area (Å²) >= 11 is 0. The Kier molecular flexibility index (Phi) is 7.14. The summed E-state index contributed by atoms with van der Waals surface area (Å²) in [5.41, 5.74) is 7.68. The monoisotopic (exact) mass is 661 g/mol. The molecular formula is C49H31N3. The highest BCUT2D eigenvalue weighted by Crippen LogP contribution is 2.35. The van der Waals surface area contributed by atoms with Crippen LogP contribution in [0.5, 0.6) is 0 Å². The molecule has 52 heavy (non-hydrogen) atoms. The normalized spacial score (nSPS) is 11.5. The van der Waals surface area contributed by atoms with Crippen LogP contribution in [0.1, 0.15) is 0 Å². The third-order valence-corrected chi connectivity index (χ3v) is 10.1. The van der Waals surface area contributed by atoms with Gasteiger partial charge in [0.2, 0.25) is 0 Å². The molecule has 1 heterocycles. The predicted octanol–water partition coefficient (Wildman–Crippen LogP) is 12.8. The van der Waals surface area contributed by atoms with Crippen molar-refractivity contribution >= 4 is 43.1 Å². The Hall–Kier alpha value is -6.97. The van der Waals surface area contributed by atoms with Crippen molar-refractivity contribution in [2.75, 3.05) is 0 Å². The van der Waals surface area contributed by atoms with E-state index in [0.29, 0.717) is 17.5 Å². The van der Waals surface area contributed by atoms with Crippen molar-refractivity contribution in [3.63, 3.8) is 0 Å². The minimum atomic E-state index is 0.645. The van der Waals surface area contributed by atoms with Crippen LogP contribution in [-0.4, -0.2) is 15.0 Å². The lowest BCUT2D eigenvalue weighted by molar-refractivity contribution is 1.08. The molecule has 9 aromatic carbocycles. The largest absolute Gasteiger partial charge is 0.208 e. The Morgan fingerprint density at radius 2 is 0.712 bits per heavy atom. The second kappa shape index (κ2) is 12.4. The minimum absolute atomic E-state index is 0.645. The van der Waals surface area contributed by atoms with E-state index in [0.717, 1.165) is 38.2 Å². The summed E-state index contributed by atoms with van der Waals surface area (Å²) in [6.45, 7) is 0. The van der Waals surface area contributed by atoms with Gasteiger partial charge in [0.15, 0.2) is 17.5 Å². The molecule has 0 aliphatic rings. The van der Waals surface area contributed by atoms with E-state index in [9.17, 15) is 0 Å². The Labute approximate surface area is 301 Å². The Balaban J connectivity index is 1.12. The molecule has 242 valence electrons. The Morgan fingerprint density at radius 3 is 1.48 bits per heavy atom. The summed E-state index contributed by atoms with van der Waals surface area (Å²) in [5.74, 6) is 1.94. The number of nitrogens with zero attached hydrogens (tertiary/aromatic N) is 3. The quantitative estimate of drug-likeness (QED) is 0.184. The van der Waals surface area contributed by atoms with E-state index >= 15 is 0 Å². The van der Waals surface area contributed by atoms with Crippen molar-refractivity contribution in [3.8, 4) is 56.4 Å². The van der Waals surface area contributed by atoms with Crippen molar-refractivity contribution < 1.29 is 0 Å². The third kappa shape index (κ3) is 5.37.